The van der Waals surface area contributed by atoms with E-state index < -0.39 is 33.8 Å². The molecule has 0 atom stereocenters. The van der Waals surface area contributed by atoms with E-state index in [-0.39, 0.29) is 0 Å². The lowest BCUT2D eigenvalue weighted by Gasteiger charge is -2.40. The van der Waals surface area contributed by atoms with Crippen LogP contribution >= 0.6 is 15.9 Å². The molecule has 23 heavy (non-hydrogen) atoms. The molecule has 0 spiro atoms. The fourth-order valence-corrected chi connectivity index (χ4v) is 21.2. The summed E-state index contributed by atoms with van der Waals surface area (Å²) in [6, 6.07) is 8.47. The second-order valence-electron chi connectivity index (χ2n) is 8.24. The highest BCUT2D eigenvalue weighted by Crippen LogP contribution is 2.24. The van der Waals surface area contributed by atoms with Gasteiger partial charge in [-0.3, -0.25) is 0 Å². The molecule has 0 radical (unpaired) electrons. The van der Waals surface area contributed by atoms with Gasteiger partial charge in [-0.2, -0.15) is 0 Å². The molecule has 0 amide bonds. The molecule has 0 fully saturated rings. The maximum atomic E-state index is 6.61. The fourth-order valence-electron chi connectivity index (χ4n) is 2.90. The van der Waals surface area contributed by atoms with Gasteiger partial charge in [-0.15, -0.1) is 0 Å². The Balaban J connectivity index is 2.86. The van der Waals surface area contributed by atoms with Gasteiger partial charge < -0.3 is 12.3 Å². The maximum Gasteiger partial charge on any atom is 0.312 e. The maximum absolute atomic E-state index is 6.61. The van der Waals surface area contributed by atoms with Gasteiger partial charge in [0.1, 0.15) is 0 Å². The van der Waals surface area contributed by atoms with Gasteiger partial charge in [0.2, 0.25) is 8.32 Å². The van der Waals surface area contributed by atoms with Gasteiger partial charge in [0.05, 0.1) is 0 Å². The van der Waals surface area contributed by atoms with Crippen molar-refractivity contribution in [3.05, 3.63) is 28.7 Å². The van der Waals surface area contributed by atoms with E-state index in [4.69, 9.17) is 12.3 Å². The number of rotatable bonds is 7. The number of hydrogen-bond acceptors (Lipinski definition) is 3. The van der Waals surface area contributed by atoms with E-state index in [1.54, 1.807) is 0 Å². The largest absolute Gasteiger partial charge is 0.437 e. The second kappa shape index (κ2) is 7.36. The molecule has 1 aromatic carbocycles. The van der Waals surface area contributed by atoms with Crippen molar-refractivity contribution in [1.82, 2.24) is 0 Å². The van der Waals surface area contributed by atoms with Gasteiger partial charge in [0, 0.05) is 4.47 Å². The van der Waals surface area contributed by atoms with Crippen LogP contribution in [0.3, 0.4) is 0 Å². The first-order valence-electron chi connectivity index (χ1n) is 7.99. The highest BCUT2D eigenvalue weighted by Gasteiger charge is 2.42. The van der Waals surface area contributed by atoms with Crippen LogP contribution in [0.15, 0.2) is 28.7 Å². The molecule has 8 heteroatoms. The Bertz CT molecular complexity index is 525. The van der Waals surface area contributed by atoms with Crippen LogP contribution in [-0.4, -0.2) is 33.8 Å². The zero-order valence-corrected chi connectivity index (χ0v) is 21.5. The van der Waals surface area contributed by atoms with Crippen LogP contribution in [0.2, 0.25) is 58.9 Å². The molecular weight excluding hydrogens is 420 g/mol. The quantitative estimate of drug-likeness (QED) is 0.537. The fraction of sp³-hybridized carbons (Fsp3) is 0.600. The predicted molar refractivity (Wildman–Crippen MR) is 113 cm³/mol. The van der Waals surface area contributed by atoms with Crippen molar-refractivity contribution in [3.63, 3.8) is 0 Å². The Labute approximate surface area is 154 Å². The summed E-state index contributed by atoms with van der Waals surface area (Å²) < 4.78 is 20.5. The molecule has 0 aliphatic rings. The van der Waals surface area contributed by atoms with Crippen molar-refractivity contribution in [1.29, 1.82) is 0 Å². The van der Waals surface area contributed by atoms with Gasteiger partial charge in [-0.1, -0.05) is 28.1 Å². The Hall–Kier alpha value is 0.448. The Morgan fingerprint density at radius 1 is 0.652 bits per heavy atom. The number of benzene rings is 1. The molecule has 0 aliphatic carbocycles. The molecule has 3 nitrogen and oxygen atoms in total. The second-order valence-corrected chi connectivity index (χ2v) is 25.0. The highest BCUT2D eigenvalue weighted by atomic mass is 79.9. The van der Waals surface area contributed by atoms with E-state index in [1.165, 1.54) is 5.19 Å². The van der Waals surface area contributed by atoms with Crippen LogP contribution in [0.4, 0.5) is 0 Å². The third-order valence-corrected chi connectivity index (χ3v) is 17.7. The van der Waals surface area contributed by atoms with Crippen LogP contribution in [0, 0.1) is 0 Å². The minimum Gasteiger partial charge on any atom is -0.437 e. The summed E-state index contributed by atoms with van der Waals surface area (Å²) in [7, 11) is -8.05. The Morgan fingerprint density at radius 2 is 1.09 bits per heavy atom. The van der Waals surface area contributed by atoms with Crippen molar-refractivity contribution in [2.75, 3.05) is 0 Å². The lowest BCUT2D eigenvalue weighted by Crippen LogP contribution is -2.58. The van der Waals surface area contributed by atoms with E-state index in [2.05, 4.69) is 99.1 Å². The van der Waals surface area contributed by atoms with E-state index in [0.29, 0.717) is 0 Å². The summed E-state index contributed by atoms with van der Waals surface area (Å²) in [6.07, 6.45) is 0. The Morgan fingerprint density at radius 3 is 1.52 bits per heavy atom. The van der Waals surface area contributed by atoms with Crippen molar-refractivity contribution < 1.29 is 12.3 Å². The van der Waals surface area contributed by atoms with Gasteiger partial charge in [-0.25, -0.2) is 0 Å². The SMILES string of the molecule is C[Si](C)(C)O[Si](C)(C)O[Si](C)(C)O[Si](C)(C)c1ccc(Br)cc1. The molecule has 0 saturated carbocycles. The minimum absolute atomic E-state index is 1.09. The lowest BCUT2D eigenvalue weighted by atomic mass is 10.4. The van der Waals surface area contributed by atoms with E-state index in [1.807, 2.05) is 0 Å². The zero-order chi connectivity index (χ0) is 18.1. The van der Waals surface area contributed by atoms with Gasteiger partial charge >= 0.3 is 17.1 Å². The van der Waals surface area contributed by atoms with Gasteiger partial charge in [0.25, 0.3) is 0 Å². The molecule has 0 saturated heterocycles. The normalized spacial score (nSPS) is 14.2. The molecular formula is C15H31BrO3Si4. The van der Waals surface area contributed by atoms with Crippen LogP contribution in [0.5, 0.6) is 0 Å². The van der Waals surface area contributed by atoms with Crippen LogP contribution in [0.25, 0.3) is 0 Å². The Kier molecular flexibility index (Phi) is 6.88. The van der Waals surface area contributed by atoms with Gasteiger partial charge in [-0.05, 0) is 76.2 Å². The van der Waals surface area contributed by atoms with Crippen molar-refractivity contribution in [3.8, 4) is 0 Å². The molecule has 0 aliphatic heterocycles. The third kappa shape index (κ3) is 7.91. The van der Waals surface area contributed by atoms with Crippen LogP contribution in [0.1, 0.15) is 0 Å². The van der Waals surface area contributed by atoms with Gasteiger partial charge in [0.15, 0.2) is 8.32 Å². The predicted octanol–water partition coefficient (Wildman–Crippen LogP) is 5.15. The number of hydrogen-bond donors (Lipinski definition) is 0. The molecule has 0 heterocycles. The minimum atomic E-state index is -2.26. The molecule has 1 aromatic rings. The first kappa shape index (κ1) is 21.5. The van der Waals surface area contributed by atoms with E-state index >= 15 is 0 Å². The molecule has 132 valence electrons. The van der Waals surface area contributed by atoms with Crippen molar-refractivity contribution in [2.45, 2.75) is 58.9 Å². The third-order valence-electron chi connectivity index (χ3n) is 3.08. The van der Waals surface area contributed by atoms with Crippen LogP contribution in [-0.2, 0) is 12.3 Å². The monoisotopic (exact) mass is 450 g/mol. The molecule has 0 unspecified atom stereocenters. The van der Waals surface area contributed by atoms with Crippen molar-refractivity contribution >= 4 is 54.9 Å². The summed E-state index contributed by atoms with van der Waals surface area (Å²) in [5.41, 5.74) is 0. The van der Waals surface area contributed by atoms with E-state index in [0.717, 1.165) is 4.47 Å². The summed E-state index contributed by atoms with van der Waals surface area (Å²) >= 11 is 3.49. The highest BCUT2D eigenvalue weighted by molar-refractivity contribution is 9.10. The molecule has 0 N–H and O–H groups in total. The molecule has 1 rings (SSSR count). The summed E-state index contributed by atoms with van der Waals surface area (Å²) in [5.74, 6) is 0. The summed E-state index contributed by atoms with van der Waals surface area (Å²) in [5, 5.41) is 1.29. The average Bonchev–Trinajstić information content (AvgIpc) is 2.21. The molecule has 0 aromatic heterocycles. The first-order valence-corrected chi connectivity index (χ1v) is 20.7. The summed E-state index contributed by atoms with van der Waals surface area (Å²) in [4.78, 5) is 0. The number of halogens is 1. The first-order chi connectivity index (χ1) is 10.1. The lowest BCUT2D eigenvalue weighted by molar-refractivity contribution is 0.332. The summed E-state index contributed by atoms with van der Waals surface area (Å²) in [6.45, 7) is 19.7. The smallest absolute Gasteiger partial charge is 0.312 e. The van der Waals surface area contributed by atoms with E-state index in [9.17, 15) is 0 Å². The van der Waals surface area contributed by atoms with Crippen molar-refractivity contribution in [2.24, 2.45) is 0 Å². The zero-order valence-electron chi connectivity index (χ0n) is 15.9. The standard InChI is InChI=1S/C15H31BrO3Si4/c1-20(2,3)17-22(6,7)19-23(8,9)18-21(4,5)15-12-10-14(16)11-13-15/h10-13H,1-9H3. The average molecular weight is 452 g/mol. The molecule has 0 bridgehead atoms. The van der Waals surface area contributed by atoms with Crippen LogP contribution < -0.4 is 5.19 Å². The topological polar surface area (TPSA) is 27.7 Å².